The van der Waals surface area contributed by atoms with Gasteiger partial charge in [0.2, 0.25) is 11.6 Å². The second-order valence-electron chi connectivity index (χ2n) is 11.4. The highest BCUT2D eigenvalue weighted by Crippen LogP contribution is 2.36. The number of aliphatic hydroxyl groups is 14. The smallest absolute Gasteiger partial charge is 0.222 e. The summed E-state index contributed by atoms with van der Waals surface area (Å²) in [5, 5.41) is 142. The zero-order valence-electron chi connectivity index (χ0n) is 23.6. The summed E-state index contributed by atoms with van der Waals surface area (Å²) in [4.78, 5) is 0. The molecular weight excluding hydrogens is 624 g/mol. The fourth-order valence-corrected chi connectivity index (χ4v) is 5.44. The monoisotopic (exact) mass is 666 g/mol. The van der Waals surface area contributed by atoms with Gasteiger partial charge in [-0.05, 0) is 0 Å². The molecule has 21 heteroatoms. The van der Waals surface area contributed by atoms with Crippen LogP contribution in [0.5, 0.6) is 0 Å². The molecule has 0 aromatic carbocycles. The topological polar surface area (TPSA) is 348 Å². The largest absolute Gasteiger partial charge is 0.394 e. The molecule has 14 N–H and O–H groups in total. The Kier molecular flexibility index (Phi) is 12.1. The normalized spacial score (nSPS) is 52.4. The van der Waals surface area contributed by atoms with Crippen LogP contribution in [0.4, 0.5) is 0 Å². The minimum atomic E-state index is -2.58. The minimum absolute atomic E-state index is 0.769. The van der Waals surface area contributed by atoms with Gasteiger partial charge in [0.05, 0.1) is 26.4 Å². The van der Waals surface area contributed by atoms with Crippen molar-refractivity contribution in [3.63, 3.8) is 0 Å². The average Bonchev–Trinajstić information content (AvgIpc) is 3.41. The van der Waals surface area contributed by atoms with Gasteiger partial charge in [-0.3, -0.25) is 0 Å². The lowest BCUT2D eigenvalue weighted by Crippen LogP contribution is -2.62. The molecule has 4 aliphatic rings. The van der Waals surface area contributed by atoms with E-state index in [4.69, 9.17) is 33.2 Å². The molecule has 18 atom stereocenters. The van der Waals surface area contributed by atoms with E-state index in [1.54, 1.807) is 0 Å². The maximum Gasteiger partial charge on any atom is 0.222 e. The summed E-state index contributed by atoms with van der Waals surface area (Å²) >= 11 is 0. The molecule has 0 radical (unpaired) electrons. The maximum absolute atomic E-state index is 10.8. The first-order valence-electron chi connectivity index (χ1n) is 14.0. The van der Waals surface area contributed by atoms with Gasteiger partial charge in [0.25, 0.3) is 0 Å². The van der Waals surface area contributed by atoms with Gasteiger partial charge in [-0.2, -0.15) is 0 Å². The van der Waals surface area contributed by atoms with Gasteiger partial charge in [0.15, 0.2) is 12.6 Å². The van der Waals surface area contributed by atoms with Crippen molar-refractivity contribution in [2.75, 3.05) is 39.6 Å². The Bertz CT molecular complexity index is 947. The van der Waals surface area contributed by atoms with Crippen LogP contribution in [-0.2, 0) is 33.2 Å². The maximum atomic E-state index is 10.8. The number of hydrogen-bond acceptors (Lipinski definition) is 21. The highest BCUT2D eigenvalue weighted by molar-refractivity contribution is 4.99. The molecule has 4 rings (SSSR count). The van der Waals surface area contributed by atoms with Crippen LogP contribution in [0.1, 0.15) is 0 Å². The van der Waals surface area contributed by atoms with Crippen molar-refractivity contribution in [3.8, 4) is 0 Å². The Morgan fingerprint density at radius 1 is 0.489 bits per heavy atom. The second kappa shape index (κ2) is 14.7. The van der Waals surface area contributed by atoms with E-state index in [1.165, 1.54) is 0 Å². The van der Waals surface area contributed by atoms with Crippen LogP contribution in [0.3, 0.4) is 0 Å². The van der Waals surface area contributed by atoms with Gasteiger partial charge in [0.1, 0.15) is 98.7 Å². The van der Waals surface area contributed by atoms with E-state index >= 15 is 0 Å². The average molecular weight is 667 g/mol. The van der Waals surface area contributed by atoms with E-state index in [2.05, 4.69) is 0 Å². The molecule has 4 heterocycles. The van der Waals surface area contributed by atoms with E-state index in [1.807, 2.05) is 0 Å². The number of aliphatic hydroxyl groups excluding tert-OH is 13. The third kappa shape index (κ3) is 7.15. The summed E-state index contributed by atoms with van der Waals surface area (Å²) in [5.74, 6) is -4.98. The summed E-state index contributed by atoms with van der Waals surface area (Å²) in [5.41, 5.74) is 0. The number of hydrogen-bond donors (Lipinski definition) is 14. The molecule has 21 nitrogen and oxygen atoms in total. The van der Waals surface area contributed by atoms with Crippen molar-refractivity contribution in [1.82, 2.24) is 0 Å². The molecule has 0 saturated carbocycles. The first-order valence-corrected chi connectivity index (χ1v) is 14.0. The first kappa shape index (κ1) is 37.0. The molecular formula is C24H42O21. The molecule has 0 bridgehead atoms. The lowest BCUT2D eigenvalue weighted by atomic mass is 9.98. The summed E-state index contributed by atoms with van der Waals surface area (Å²) in [6.45, 7) is -5.07. The van der Waals surface area contributed by atoms with Crippen LogP contribution in [-0.4, -0.2) is 221 Å². The Balaban J connectivity index is 1.46. The fourth-order valence-electron chi connectivity index (χ4n) is 5.44. The highest BCUT2D eigenvalue weighted by Gasteiger charge is 2.58. The van der Waals surface area contributed by atoms with Crippen molar-refractivity contribution in [3.05, 3.63) is 0 Å². The van der Waals surface area contributed by atoms with E-state index in [9.17, 15) is 71.5 Å². The van der Waals surface area contributed by atoms with Crippen LogP contribution in [0.15, 0.2) is 0 Å². The molecule has 264 valence electrons. The van der Waals surface area contributed by atoms with Gasteiger partial charge >= 0.3 is 0 Å². The van der Waals surface area contributed by atoms with E-state index in [-0.39, 0.29) is 0 Å². The van der Waals surface area contributed by atoms with Crippen molar-refractivity contribution in [2.24, 2.45) is 0 Å². The van der Waals surface area contributed by atoms with Crippen LogP contribution < -0.4 is 0 Å². The van der Waals surface area contributed by atoms with Gasteiger partial charge in [-0.25, -0.2) is 0 Å². The van der Waals surface area contributed by atoms with Crippen molar-refractivity contribution in [2.45, 2.75) is 110 Å². The van der Waals surface area contributed by atoms with Crippen LogP contribution in [0.25, 0.3) is 0 Å². The fraction of sp³-hybridized carbons (Fsp3) is 1.00. The summed E-state index contributed by atoms with van der Waals surface area (Å²) in [7, 11) is 0. The minimum Gasteiger partial charge on any atom is -0.394 e. The van der Waals surface area contributed by atoms with E-state index < -0.39 is 149 Å². The van der Waals surface area contributed by atoms with Crippen LogP contribution in [0, 0.1) is 0 Å². The summed E-state index contributed by atoms with van der Waals surface area (Å²) < 4.78 is 37.7. The molecule has 0 aliphatic carbocycles. The van der Waals surface area contributed by atoms with E-state index in [0.717, 1.165) is 0 Å². The van der Waals surface area contributed by atoms with Gasteiger partial charge in [0, 0.05) is 0 Å². The summed E-state index contributed by atoms with van der Waals surface area (Å²) in [6.07, 6.45) is -28.0. The van der Waals surface area contributed by atoms with Gasteiger partial charge in [-0.1, -0.05) is 0 Å². The Hall–Kier alpha value is -0.840. The standard InChI is InChI=1S/C24H42O21/c25-1-7-11(28)15(32)17(34)22(42-7)40-6-24(20(37)14(31)9(3-27)45-24)41-4-10-12(29)16(33)18(35)21(43-10)39-5-23(38)19(36)13(30)8(2-26)44-23/h7-22,25-38H,1-6H2/t7-,8-,9-,10-,11-,12-,13-,14-,15+,16+,17-,18-,19+,20+,21+,22+,23-,24-/m1/s1. The molecule has 4 saturated heterocycles. The molecule has 0 unspecified atom stereocenters. The van der Waals surface area contributed by atoms with Gasteiger partial charge < -0.3 is 105 Å². The second-order valence-corrected chi connectivity index (χ2v) is 11.4. The Labute approximate surface area is 254 Å². The van der Waals surface area contributed by atoms with Gasteiger partial charge in [-0.15, -0.1) is 0 Å². The quantitative estimate of drug-likeness (QED) is 0.0919. The van der Waals surface area contributed by atoms with Crippen molar-refractivity contribution >= 4 is 0 Å². The molecule has 4 fully saturated rings. The third-order valence-electron chi connectivity index (χ3n) is 8.30. The van der Waals surface area contributed by atoms with Crippen LogP contribution in [0.2, 0.25) is 0 Å². The SMILES string of the molecule is OC[C@H]1O[C@@](CO[C@H]2O[C@H](CO)[C@@H](O)[C@H](O)[C@H]2O)(OC[C@H]2O[C@H](OC[C@@]3(O)O[C@H](CO)[C@@H](O)[C@@H]3O)[C@H](O)[C@@H](O)[C@@H]2O)[C@@H](O)[C@@H]1O. The van der Waals surface area contributed by atoms with Crippen molar-refractivity contribution in [1.29, 1.82) is 0 Å². The molecule has 0 spiro atoms. The predicted octanol–water partition coefficient (Wildman–Crippen LogP) is -9.75. The van der Waals surface area contributed by atoms with Crippen LogP contribution >= 0.6 is 0 Å². The van der Waals surface area contributed by atoms with E-state index in [0.29, 0.717) is 0 Å². The molecule has 4 aliphatic heterocycles. The zero-order valence-corrected chi connectivity index (χ0v) is 23.6. The van der Waals surface area contributed by atoms with Crippen molar-refractivity contribution < 1.29 is 105 Å². The predicted molar refractivity (Wildman–Crippen MR) is 134 cm³/mol. The Morgan fingerprint density at radius 3 is 1.47 bits per heavy atom. The lowest BCUT2D eigenvalue weighted by molar-refractivity contribution is -0.358. The molecule has 45 heavy (non-hydrogen) atoms. The molecule has 0 aromatic heterocycles. The first-order chi connectivity index (χ1) is 21.1. The highest BCUT2D eigenvalue weighted by atomic mass is 16.8. The zero-order chi connectivity index (χ0) is 33.4. The third-order valence-corrected chi connectivity index (χ3v) is 8.30. The molecule has 0 aromatic rings. The lowest BCUT2D eigenvalue weighted by Gasteiger charge is -2.43. The summed E-state index contributed by atoms with van der Waals surface area (Å²) in [6, 6.07) is 0. The Morgan fingerprint density at radius 2 is 0.956 bits per heavy atom. The number of rotatable bonds is 12. The number of ether oxygens (including phenoxy) is 7. The molecule has 0 amide bonds.